The zero-order valence-electron chi connectivity index (χ0n) is 20.7. The van der Waals surface area contributed by atoms with Crippen molar-refractivity contribution in [3.63, 3.8) is 0 Å². The first-order valence-electron chi connectivity index (χ1n) is 13.0. The number of β-amino-alcohol motifs (C(OH)–C–C–N with tert-alkyl or cyclic N) is 1. The molecule has 0 aliphatic carbocycles. The standard InChI is InChI=1S/C29H34N4O3/c1-36-23-7-6-20-14-28(31-27(20)16-23)29(35)33-18-22(34)15-21(33)10-13-32-11-8-19(9-12-32)25-17-30-26-5-3-2-4-24(25)26/h2-7,14,16-17,19,21-22,30-31,34H,8-13,15,18H2,1H3/t21-,22-/m1/s1. The number of aromatic amines is 2. The molecule has 2 aliphatic heterocycles. The van der Waals surface area contributed by atoms with Gasteiger partial charge in [0.1, 0.15) is 11.4 Å². The van der Waals surface area contributed by atoms with E-state index in [1.165, 1.54) is 16.5 Å². The maximum absolute atomic E-state index is 13.4. The number of H-pyrrole nitrogens is 2. The van der Waals surface area contributed by atoms with Crippen molar-refractivity contribution in [2.45, 2.75) is 43.7 Å². The number of piperidine rings is 1. The van der Waals surface area contributed by atoms with Crippen LogP contribution in [0.1, 0.15) is 47.7 Å². The fourth-order valence-electron chi connectivity index (χ4n) is 6.15. The fourth-order valence-corrected chi connectivity index (χ4v) is 6.15. The number of aromatic nitrogens is 2. The molecule has 36 heavy (non-hydrogen) atoms. The van der Waals surface area contributed by atoms with Gasteiger partial charge >= 0.3 is 0 Å². The van der Waals surface area contributed by atoms with Gasteiger partial charge in [0.15, 0.2) is 0 Å². The Labute approximate surface area is 211 Å². The fraction of sp³-hybridized carbons (Fsp3) is 0.414. The summed E-state index contributed by atoms with van der Waals surface area (Å²) in [6.45, 7) is 3.48. The summed E-state index contributed by atoms with van der Waals surface area (Å²) in [4.78, 5) is 24.5. The SMILES string of the molecule is COc1ccc2cc(C(=O)N3C[C@H](O)C[C@H]3CCN3CCC(c4c[nH]c5ccccc45)CC3)[nH]c2c1. The van der Waals surface area contributed by atoms with E-state index in [2.05, 4.69) is 45.3 Å². The highest BCUT2D eigenvalue weighted by molar-refractivity contribution is 5.98. The van der Waals surface area contributed by atoms with Crippen LogP contribution in [0.4, 0.5) is 0 Å². The molecule has 2 fully saturated rings. The Kier molecular flexibility index (Phi) is 6.19. The number of hydrogen-bond donors (Lipinski definition) is 3. The Morgan fingerprint density at radius 2 is 1.94 bits per heavy atom. The van der Waals surface area contributed by atoms with Crippen LogP contribution in [0.25, 0.3) is 21.8 Å². The van der Waals surface area contributed by atoms with Gasteiger partial charge in [0, 0.05) is 53.2 Å². The second-order valence-electron chi connectivity index (χ2n) is 10.3. The number of ether oxygens (including phenoxy) is 1. The molecule has 188 valence electrons. The molecular weight excluding hydrogens is 452 g/mol. The van der Waals surface area contributed by atoms with Crippen LogP contribution in [0, 0.1) is 0 Å². The van der Waals surface area contributed by atoms with Gasteiger partial charge in [-0.25, -0.2) is 0 Å². The lowest BCUT2D eigenvalue weighted by Gasteiger charge is -2.33. The van der Waals surface area contributed by atoms with Crippen molar-refractivity contribution < 1.29 is 14.6 Å². The van der Waals surface area contributed by atoms with Crippen LogP contribution >= 0.6 is 0 Å². The Hall–Kier alpha value is -3.29. The first-order chi connectivity index (χ1) is 17.6. The highest BCUT2D eigenvalue weighted by Crippen LogP contribution is 2.33. The maximum Gasteiger partial charge on any atom is 0.270 e. The summed E-state index contributed by atoms with van der Waals surface area (Å²) in [6, 6.07) is 16.3. The lowest BCUT2D eigenvalue weighted by Crippen LogP contribution is -2.40. The summed E-state index contributed by atoms with van der Waals surface area (Å²) in [5.41, 5.74) is 4.11. The predicted octanol–water partition coefficient (Wildman–Crippen LogP) is 4.50. The van der Waals surface area contributed by atoms with Gasteiger partial charge in [0.25, 0.3) is 5.91 Å². The molecule has 2 aromatic carbocycles. The van der Waals surface area contributed by atoms with Crippen molar-refractivity contribution >= 4 is 27.7 Å². The van der Waals surface area contributed by atoms with E-state index in [9.17, 15) is 9.90 Å². The number of carbonyl (C=O) groups is 1. The maximum atomic E-state index is 13.4. The van der Waals surface area contributed by atoms with E-state index in [1.807, 2.05) is 29.2 Å². The molecule has 0 radical (unpaired) electrons. The monoisotopic (exact) mass is 486 g/mol. The third-order valence-electron chi connectivity index (χ3n) is 8.14. The number of nitrogens with one attached hydrogen (secondary N) is 2. The smallest absolute Gasteiger partial charge is 0.270 e. The van der Waals surface area contributed by atoms with E-state index in [0.717, 1.165) is 55.5 Å². The molecule has 2 saturated heterocycles. The molecule has 6 rings (SSSR count). The van der Waals surface area contributed by atoms with Gasteiger partial charge in [0.05, 0.1) is 13.2 Å². The number of likely N-dealkylation sites (tertiary alicyclic amines) is 2. The number of aliphatic hydroxyl groups is 1. The topological polar surface area (TPSA) is 84.6 Å². The number of benzene rings is 2. The Bertz CT molecular complexity index is 1370. The predicted molar refractivity (Wildman–Crippen MR) is 142 cm³/mol. The molecule has 7 heteroatoms. The van der Waals surface area contributed by atoms with E-state index in [1.54, 1.807) is 7.11 Å². The molecule has 4 aromatic rings. The van der Waals surface area contributed by atoms with Crippen LogP contribution in [-0.2, 0) is 0 Å². The highest BCUT2D eigenvalue weighted by atomic mass is 16.5. The van der Waals surface area contributed by atoms with E-state index >= 15 is 0 Å². The minimum absolute atomic E-state index is 0.0373. The Balaban J connectivity index is 1.07. The summed E-state index contributed by atoms with van der Waals surface area (Å²) < 4.78 is 5.30. The van der Waals surface area contributed by atoms with Gasteiger partial charge in [-0.05, 0) is 74.5 Å². The third kappa shape index (κ3) is 4.38. The Morgan fingerprint density at radius 1 is 1.11 bits per heavy atom. The number of para-hydroxylation sites is 1. The molecular formula is C29H34N4O3. The van der Waals surface area contributed by atoms with Gasteiger partial charge in [-0.15, -0.1) is 0 Å². The molecule has 4 heterocycles. The first-order valence-corrected chi connectivity index (χ1v) is 13.0. The number of methoxy groups -OCH3 is 1. The summed E-state index contributed by atoms with van der Waals surface area (Å²) in [6.07, 6.45) is 5.55. The van der Waals surface area contributed by atoms with Crippen molar-refractivity contribution in [1.82, 2.24) is 19.8 Å². The van der Waals surface area contributed by atoms with Crippen molar-refractivity contribution in [1.29, 1.82) is 0 Å². The van der Waals surface area contributed by atoms with Gasteiger partial charge in [-0.2, -0.15) is 0 Å². The third-order valence-corrected chi connectivity index (χ3v) is 8.14. The van der Waals surface area contributed by atoms with Gasteiger partial charge in [-0.1, -0.05) is 18.2 Å². The van der Waals surface area contributed by atoms with Gasteiger partial charge in [-0.3, -0.25) is 4.79 Å². The second-order valence-corrected chi connectivity index (χ2v) is 10.3. The number of carbonyl (C=O) groups excluding carboxylic acids is 1. The quantitative estimate of drug-likeness (QED) is 0.375. The van der Waals surface area contributed by atoms with E-state index in [4.69, 9.17) is 4.74 Å². The number of fused-ring (bicyclic) bond motifs is 2. The van der Waals surface area contributed by atoms with Crippen LogP contribution in [-0.4, -0.2) is 76.2 Å². The summed E-state index contributed by atoms with van der Waals surface area (Å²) in [5, 5.41) is 12.7. The minimum Gasteiger partial charge on any atom is -0.497 e. The van der Waals surface area contributed by atoms with Crippen LogP contribution in [0.2, 0.25) is 0 Å². The zero-order valence-corrected chi connectivity index (χ0v) is 20.7. The number of nitrogens with zero attached hydrogens (tertiary/aromatic N) is 2. The van der Waals surface area contributed by atoms with Crippen molar-refractivity contribution in [3.8, 4) is 5.75 Å². The number of amides is 1. The van der Waals surface area contributed by atoms with Gasteiger partial charge in [0.2, 0.25) is 0 Å². The molecule has 2 atom stereocenters. The molecule has 2 aliphatic rings. The van der Waals surface area contributed by atoms with Crippen LogP contribution in [0.5, 0.6) is 5.75 Å². The molecule has 3 N–H and O–H groups in total. The first kappa shape index (κ1) is 23.1. The zero-order chi connectivity index (χ0) is 24.6. The van der Waals surface area contributed by atoms with Gasteiger partial charge < -0.3 is 29.6 Å². The molecule has 0 saturated carbocycles. The largest absolute Gasteiger partial charge is 0.497 e. The summed E-state index contributed by atoms with van der Waals surface area (Å²) in [7, 11) is 1.64. The van der Waals surface area contributed by atoms with E-state index in [0.29, 0.717) is 24.6 Å². The Morgan fingerprint density at radius 3 is 2.78 bits per heavy atom. The molecule has 1 amide bonds. The van der Waals surface area contributed by atoms with Crippen molar-refractivity contribution in [2.24, 2.45) is 0 Å². The number of rotatable bonds is 6. The van der Waals surface area contributed by atoms with Crippen LogP contribution < -0.4 is 4.74 Å². The summed E-state index contributed by atoms with van der Waals surface area (Å²) >= 11 is 0. The normalized spacial score (nSPS) is 21.6. The average molecular weight is 487 g/mol. The second kappa shape index (κ2) is 9.64. The lowest BCUT2D eigenvalue weighted by atomic mass is 9.89. The number of hydrogen-bond acceptors (Lipinski definition) is 4. The van der Waals surface area contributed by atoms with Crippen molar-refractivity contribution in [2.75, 3.05) is 33.3 Å². The van der Waals surface area contributed by atoms with E-state index < -0.39 is 6.10 Å². The molecule has 0 spiro atoms. The van der Waals surface area contributed by atoms with Crippen LogP contribution in [0.3, 0.4) is 0 Å². The molecule has 0 unspecified atom stereocenters. The molecule has 7 nitrogen and oxygen atoms in total. The van der Waals surface area contributed by atoms with E-state index in [-0.39, 0.29) is 11.9 Å². The minimum atomic E-state index is -0.462. The molecule has 0 bridgehead atoms. The van der Waals surface area contributed by atoms with Crippen LogP contribution in [0.15, 0.2) is 54.7 Å². The highest BCUT2D eigenvalue weighted by Gasteiger charge is 2.35. The summed E-state index contributed by atoms with van der Waals surface area (Å²) in [5.74, 6) is 1.31. The molecule has 2 aromatic heterocycles. The average Bonchev–Trinajstić information content (AvgIpc) is 3.63. The number of aliphatic hydroxyl groups excluding tert-OH is 1. The lowest BCUT2D eigenvalue weighted by molar-refractivity contribution is 0.0695. The van der Waals surface area contributed by atoms with Crippen molar-refractivity contribution in [3.05, 3.63) is 66.0 Å².